The molecule has 0 aliphatic heterocycles. The Morgan fingerprint density at radius 1 is 0.582 bits per heavy atom. The third kappa shape index (κ3) is 26.2. The number of hydrogen-bond acceptors (Lipinski definition) is 11. The Kier molecular flexibility index (Phi) is 31.4. The molecule has 322 valence electrons. The van der Waals surface area contributed by atoms with E-state index in [-0.39, 0.29) is 13.0 Å². The van der Waals surface area contributed by atoms with Gasteiger partial charge in [0.05, 0.1) is 13.2 Å². The lowest BCUT2D eigenvalue weighted by Crippen LogP contribution is -2.64. The van der Waals surface area contributed by atoms with Crippen LogP contribution in [0.1, 0.15) is 162 Å². The number of phosphoric ester groups is 1. The standard InChI is InChI=1S/C42H77O12P/c1-3-5-7-9-11-13-15-17-19-21-23-25-27-29-31-36(43)53-35(33-51-32-30-28-26-24-22-20-18-16-14-12-10-8-6-4-2)34-52-55(49,50)54-42-40(47)38(45)37(44)39(46)41(42)48/h8,10,14-17,35,37-42,44-48H,3-7,9,11-13,18-34H2,1-2H3,(H,49,50)/b10-8-,16-14-,17-15-. The van der Waals surface area contributed by atoms with Crippen LogP contribution in [-0.2, 0) is 27.9 Å². The highest BCUT2D eigenvalue weighted by Gasteiger charge is 2.51. The van der Waals surface area contributed by atoms with Crippen LogP contribution < -0.4 is 0 Å². The number of hydrogen-bond donors (Lipinski definition) is 6. The highest BCUT2D eigenvalue weighted by molar-refractivity contribution is 7.47. The fraction of sp³-hybridized carbons (Fsp3) is 0.833. The molecule has 6 N–H and O–H groups in total. The number of carbonyl (C=O) groups is 1. The summed E-state index contributed by atoms with van der Waals surface area (Å²) in [5.74, 6) is -0.492. The number of aliphatic hydroxyl groups is 5. The van der Waals surface area contributed by atoms with Crippen molar-refractivity contribution in [1.82, 2.24) is 0 Å². The average molecular weight is 805 g/mol. The van der Waals surface area contributed by atoms with Crippen molar-refractivity contribution in [3.05, 3.63) is 36.5 Å². The monoisotopic (exact) mass is 805 g/mol. The molecule has 55 heavy (non-hydrogen) atoms. The number of unbranched alkanes of at least 4 members (excludes halogenated alkanes) is 17. The van der Waals surface area contributed by atoms with E-state index in [0.717, 1.165) is 89.9 Å². The smallest absolute Gasteiger partial charge is 0.457 e. The highest BCUT2D eigenvalue weighted by atomic mass is 31.2. The predicted octanol–water partition coefficient (Wildman–Crippen LogP) is 7.92. The molecule has 1 rings (SSSR count). The van der Waals surface area contributed by atoms with Gasteiger partial charge in [0, 0.05) is 13.0 Å². The Labute approximate surface area is 332 Å². The van der Waals surface area contributed by atoms with E-state index in [2.05, 4.69) is 50.3 Å². The second kappa shape index (κ2) is 33.5. The Bertz CT molecular complexity index is 1050. The molecule has 12 nitrogen and oxygen atoms in total. The molecule has 0 aromatic rings. The molecular formula is C42H77O12P. The van der Waals surface area contributed by atoms with E-state index in [9.17, 15) is 39.8 Å². The molecule has 1 aliphatic carbocycles. The van der Waals surface area contributed by atoms with Crippen LogP contribution >= 0.6 is 7.82 Å². The lowest BCUT2D eigenvalue weighted by atomic mass is 9.85. The summed E-state index contributed by atoms with van der Waals surface area (Å²) in [7, 11) is -5.02. The number of esters is 1. The molecule has 0 saturated heterocycles. The maximum atomic E-state index is 12.8. The van der Waals surface area contributed by atoms with Crippen LogP contribution in [0.15, 0.2) is 36.5 Å². The molecule has 0 radical (unpaired) electrons. The molecule has 1 aliphatic rings. The first-order valence-corrected chi connectivity index (χ1v) is 22.8. The van der Waals surface area contributed by atoms with Crippen molar-refractivity contribution in [2.75, 3.05) is 19.8 Å². The van der Waals surface area contributed by atoms with Crippen molar-refractivity contribution in [1.29, 1.82) is 0 Å². The van der Waals surface area contributed by atoms with Crippen molar-refractivity contribution in [3.8, 4) is 0 Å². The fourth-order valence-electron chi connectivity index (χ4n) is 6.27. The number of carbonyl (C=O) groups excluding carboxylic acids is 1. The van der Waals surface area contributed by atoms with Crippen LogP contribution in [0, 0.1) is 0 Å². The van der Waals surface area contributed by atoms with Crippen LogP contribution in [0.3, 0.4) is 0 Å². The van der Waals surface area contributed by atoms with Crippen LogP contribution in [0.2, 0.25) is 0 Å². The summed E-state index contributed by atoms with van der Waals surface area (Å²) in [5.41, 5.74) is 0. The molecule has 13 heteroatoms. The van der Waals surface area contributed by atoms with Crippen molar-refractivity contribution in [2.45, 2.75) is 204 Å². The molecule has 0 heterocycles. The second-order valence-corrected chi connectivity index (χ2v) is 16.2. The van der Waals surface area contributed by atoms with E-state index in [0.29, 0.717) is 13.0 Å². The largest absolute Gasteiger partial charge is 0.472 e. The third-order valence-electron chi connectivity index (χ3n) is 9.72. The normalized spacial score (nSPS) is 23.6. The lowest BCUT2D eigenvalue weighted by Gasteiger charge is -2.41. The van der Waals surface area contributed by atoms with Gasteiger partial charge in [-0.1, -0.05) is 127 Å². The first kappa shape index (κ1) is 51.6. The van der Waals surface area contributed by atoms with Crippen LogP contribution in [-0.4, -0.2) is 98.9 Å². The van der Waals surface area contributed by atoms with E-state index < -0.39 is 63.1 Å². The van der Waals surface area contributed by atoms with Gasteiger partial charge in [-0.2, -0.15) is 0 Å². The van der Waals surface area contributed by atoms with Gasteiger partial charge in [-0.25, -0.2) is 4.57 Å². The van der Waals surface area contributed by atoms with E-state index in [1.165, 1.54) is 44.9 Å². The minimum Gasteiger partial charge on any atom is -0.457 e. The molecule has 0 spiro atoms. The van der Waals surface area contributed by atoms with Crippen molar-refractivity contribution in [3.63, 3.8) is 0 Å². The van der Waals surface area contributed by atoms with Gasteiger partial charge in [0.1, 0.15) is 42.7 Å². The third-order valence-corrected chi connectivity index (χ3v) is 10.7. The van der Waals surface area contributed by atoms with E-state index in [4.69, 9.17) is 18.5 Å². The maximum absolute atomic E-state index is 12.8. The molecular weight excluding hydrogens is 727 g/mol. The van der Waals surface area contributed by atoms with Gasteiger partial charge < -0.3 is 39.9 Å². The van der Waals surface area contributed by atoms with Crippen LogP contribution in [0.25, 0.3) is 0 Å². The molecule has 0 amide bonds. The quantitative estimate of drug-likeness (QED) is 0.0157. The number of aliphatic hydroxyl groups excluding tert-OH is 5. The summed E-state index contributed by atoms with van der Waals surface area (Å²) in [5, 5.41) is 50.1. The molecule has 6 atom stereocenters. The minimum absolute atomic E-state index is 0.0870. The first-order valence-electron chi connectivity index (χ1n) is 21.3. The number of rotatable bonds is 35. The molecule has 0 bridgehead atoms. The summed E-state index contributed by atoms with van der Waals surface area (Å²) >= 11 is 0. The molecule has 1 fully saturated rings. The van der Waals surface area contributed by atoms with E-state index >= 15 is 0 Å². The SMILES string of the molecule is CCC/C=C\C/C=C\CCCCCCCCOCC(COP(=O)(O)OC1C(O)C(O)C(O)C(O)C1O)OC(=O)CCCCCCC/C=C\CCCCCCC. The Morgan fingerprint density at radius 2 is 1.05 bits per heavy atom. The average Bonchev–Trinajstić information content (AvgIpc) is 3.17. The van der Waals surface area contributed by atoms with Gasteiger partial charge in [0.15, 0.2) is 0 Å². The minimum atomic E-state index is -5.02. The zero-order valence-corrected chi connectivity index (χ0v) is 34.9. The Balaban J connectivity index is 2.45. The molecule has 6 unspecified atom stereocenters. The number of ether oxygens (including phenoxy) is 2. The number of allylic oxidation sites excluding steroid dienone is 6. The molecule has 0 aromatic heterocycles. The van der Waals surface area contributed by atoms with Crippen LogP contribution in [0.4, 0.5) is 0 Å². The van der Waals surface area contributed by atoms with Crippen LogP contribution in [0.5, 0.6) is 0 Å². The Morgan fingerprint density at radius 3 is 1.62 bits per heavy atom. The second-order valence-electron chi connectivity index (χ2n) is 14.8. The predicted molar refractivity (Wildman–Crippen MR) is 216 cm³/mol. The first-order chi connectivity index (χ1) is 26.5. The summed E-state index contributed by atoms with van der Waals surface area (Å²) in [6.45, 7) is 4.14. The zero-order chi connectivity index (χ0) is 40.6. The summed E-state index contributed by atoms with van der Waals surface area (Å²) < 4.78 is 34.1. The number of phosphoric acid groups is 1. The highest BCUT2D eigenvalue weighted by Crippen LogP contribution is 2.47. The van der Waals surface area contributed by atoms with E-state index in [1.54, 1.807) is 0 Å². The van der Waals surface area contributed by atoms with Gasteiger partial charge in [0.2, 0.25) is 0 Å². The Hall–Kier alpha value is -1.44. The van der Waals surface area contributed by atoms with Crippen molar-refractivity contribution in [2.24, 2.45) is 0 Å². The van der Waals surface area contributed by atoms with Gasteiger partial charge in [-0.05, 0) is 64.2 Å². The van der Waals surface area contributed by atoms with Crippen molar-refractivity contribution < 1.29 is 58.3 Å². The summed E-state index contributed by atoms with van der Waals surface area (Å²) in [6.07, 6.45) is 25.0. The summed E-state index contributed by atoms with van der Waals surface area (Å²) in [6, 6.07) is 0. The topological polar surface area (TPSA) is 192 Å². The van der Waals surface area contributed by atoms with E-state index in [1.807, 2.05) is 0 Å². The zero-order valence-electron chi connectivity index (χ0n) is 34.0. The van der Waals surface area contributed by atoms with Gasteiger partial charge in [-0.3, -0.25) is 13.8 Å². The molecule has 1 saturated carbocycles. The molecule has 0 aromatic carbocycles. The lowest BCUT2D eigenvalue weighted by molar-refractivity contribution is -0.220. The van der Waals surface area contributed by atoms with Crippen molar-refractivity contribution >= 4 is 13.8 Å². The maximum Gasteiger partial charge on any atom is 0.472 e. The van der Waals surface area contributed by atoms with Gasteiger partial charge in [0.25, 0.3) is 0 Å². The van der Waals surface area contributed by atoms with Gasteiger partial charge in [-0.15, -0.1) is 0 Å². The fourth-order valence-corrected chi connectivity index (χ4v) is 7.24. The van der Waals surface area contributed by atoms with Gasteiger partial charge >= 0.3 is 13.8 Å². The summed E-state index contributed by atoms with van der Waals surface area (Å²) in [4.78, 5) is 23.1.